The van der Waals surface area contributed by atoms with Gasteiger partial charge in [-0.05, 0) is 61.8 Å². The number of carbonyl (C=O) groups is 1. The van der Waals surface area contributed by atoms with E-state index in [9.17, 15) is 13.2 Å². The number of halogens is 1. The first-order valence-electron chi connectivity index (χ1n) is 8.86. The third kappa shape index (κ3) is 4.39. The predicted molar refractivity (Wildman–Crippen MR) is 104 cm³/mol. The summed E-state index contributed by atoms with van der Waals surface area (Å²) in [7, 11) is -3.62. The first-order chi connectivity index (χ1) is 11.7. The molecule has 1 unspecified atom stereocenters. The largest absolute Gasteiger partial charge is 0.342 e. The average molecular weight is 402 g/mol. The van der Waals surface area contributed by atoms with E-state index in [1.165, 1.54) is 0 Å². The molecule has 1 aromatic carbocycles. The van der Waals surface area contributed by atoms with E-state index in [-0.39, 0.29) is 29.8 Å². The summed E-state index contributed by atoms with van der Waals surface area (Å²) in [6.07, 6.45) is 3.46. The number of benzene rings is 1. The summed E-state index contributed by atoms with van der Waals surface area (Å²) in [5.74, 6) is 0.377. The van der Waals surface area contributed by atoms with Crippen LogP contribution < -0.4 is 10.5 Å². The number of nitrogens with zero attached hydrogens (tertiary/aromatic N) is 1. The van der Waals surface area contributed by atoms with Crippen molar-refractivity contribution >= 4 is 28.3 Å². The van der Waals surface area contributed by atoms with Crippen molar-refractivity contribution in [1.29, 1.82) is 0 Å². The Kier molecular flexibility index (Phi) is 6.38. The van der Waals surface area contributed by atoms with Crippen molar-refractivity contribution in [3.63, 3.8) is 0 Å². The van der Waals surface area contributed by atoms with Gasteiger partial charge in [-0.15, -0.1) is 12.4 Å². The Morgan fingerprint density at radius 2 is 1.88 bits per heavy atom. The van der Waals surface area contributed by atoms with Crippen LogP contribution in [0.5, 0.6) is 0 Å². The van der Waals surface area contributed by atoms with Crippen molar-refractivity contribution in [2.24, 2.45) is 11.7 Å². The molecule has 0 saturated heterocycles. The monoisotopic (exact) mass is 401 g/mol. The van der Waals surface area contributed by atoms with E-state index in [0.717, 1.165) is 30.4 Å². The standard InChI is InChI=1S/C18H27N3O3S.ClH/c1-13(22)21-9-7-14-3-6-17(11-15(14)8-10-21)25(23,24)20-18(2,12-19)16-4-5-16;/h3,6,11,16,20H,4-5,7-10,12,19H2,1-2H3;1H. The number of nitrogens with one attached hydrogen (secondary N) is 1. The number of rotatable bonds is 5. The minimum atomic E-state index is -3.62. The van der Waals surface area contributed by atoms with Crippen LogP contribution in [0.2, 0.25) is 0 Å². The molecule has 6 nitrogen and oxygen atoms in total. The van der Waals surface area contributed by atoms with Gasteiger partial charge in [-0.2, -0.15) is 0 Å². The molecule has 3 rings (SSSR count). The Morgan fingerprint density at radius 1 is 1.27 bits per heavy atom. The normalized spacial score (nSPS) is 19.7. The summed E-state index contributed by atoms with van der Waals surface area (Å²) in [4.78, 5) is 13.7. The quantitative estimate of drug-likeness (QED) is 0.781. The second kappa shape index (κ2) is 7.84. The molecule has 0 radical (unpaired) electrons. The maximum atomic E-state index is 12.9. The predicted octanol–water partition coefficient (Wildman–Crippen LogP) is 1.46. The molecule has 3 N–H and O–H groups in total. The smallest absolute Gasteiger partial charge is 0.241 e. The summed E-state index contributed by atoms with van der Waals surface area (Å²) in [5, 5.41) is 0. The van der Waals surface area contributed by atoms with Gasteiger partial charge in [0.25, 0.3) is 0 Å². The van der Waals surface area contributed by atoms with Gasteiger partial charge in [0.15, 0.2) is 0 Å². The fourth-order valence-electron chi connectivity index (χ4n) is 3.56. The van der Waals surface area contributed by atoms with Gasteiger partial charge < -0.3 is 10.6 Å². The van der Waals surface area contributed by atoms with Crippen molar-refractivity contribution in [2.75, 3.05) is 19.6 Å². The molecule has 1 aliphatic heterocycles. The molecule has 1 heterocycles. The van der Waals surface area contributed by atoms with Crippen molar-refractivity contribution in [3.8, 4) is 0 Å². The van der Waals surface area contributed by atoms with Crippen LogP contribution in [0.4, 0.5) is 0 Å². The van der Waals surface area contributed by atoms with Gasteiger partial charge in [0.2, 0.25) is 15.9 Å². The van der Waals surface area contributed by atoms with E-state index in [2.05, 4.69) is 4.72 Å². The van der Waals surface area contributed by atoms with Crippen LogP contribution in [0, 0.1) is 5.92 Å². The van der Waals surface area contributed by atoms with Crippen LogP contribution in [0.3, 0.4) is 0 Å². The Hall–Kier alpha value is -1.15. The molecular weight excluding hydrogens is 374 g/mol. The number of fused-ring (bicyclic) bond motifs is 1. The molecule has 1 aromatic rings. The fourth-order valence-corrected chi connectivity index (χ4v) is 5.09. The van der Waals surface area contributed by atoms with Crippen LogP contribution in [-0.4, -0.2) is 44.4 Å². The third-order valence-corrected chi connectivity index (χ3v) is 7.12. The highest BCUT2D eigenvalue weighted by molar-refractivity contribution is 7.89. The molecule has 146 valence electrons. The highest BCUT2D eigenvalue weighted by atomic mass is 35.5. The van der Waals surface area contributed by atoms with E-state index in [1.54, 1.807) is 19.1 Å². The zero-order valence-electron chi connectivity index (χ0n) is 15.3. The molecule has 0 spiro atoms. The number of hydrogen-bond donors (Lipinski definition) is 2. The van der Waals surface area contributed by atoms with Gasteiger partial charge in [-0.1, -0.05) is 6.07 Å². The summed E-state index contributed by atoms with van der Waals surface area (Å²) in [6, 6.07) is 5.30. The Morgan fingerprint density at radius 3 is 2.42 bits per heavy atom. The van der Waals surface area contributed by atoms with Gasteiger partial charge >= 0.3 is 0 Å². The average Bonchev–Trinajstić information content (AvgIpc) is 3.40. The minimum Gasteiger partial charge on any atom is -0.342 e. The number of amides is 1. The molecular formula is C18H28ClN3O3S. The Labute approximate surface area is 162 Å². The maximum Gasteiger partial charge on any atom is 0.241 e. The lowest BCUT2D eigenvalue weighted by atomic mass is 9.98. The molecule has 1 amide bonds. The van der Waals surface area contributed by atoms with Crippen LogP contribution in [0.15, 0.2) is 23.1 Å². The van der Waals surface area contributed by atoms with Gasteiger partial charge in [0.1, 0.15) is 0 Å². The molecule has 1 fully saturated rings. The lowest BCUT2D eigenvalue weighted by Crippen LogP contribution is -2.52. The Bertz CT molecular complexity index is 780. The molecule has 0 aromatic heterocycles. The molecule has 2 aliphatic rings. The number of sulfonamides is 1. The molecule has 1 aliphatic carbocycles. The van der Waals surface area contributed by atoms with Crippen LogP contribution in [0.25, 0.3) is 0 Å². The number of hydrogen-bond acceptors (Lipinski definition) is 4. The van der Waals surface area contributed by atoms with Gasteiger partial charge in [0, 0.05) is 32.1 Å². The highest BCUT2D eigenvalue weighted by Gasteiger charge is 2.43. The molecule has 1 atom stereocenters. The van der Waals surface area contributed by atoms with Crippen molar-refractivity contribution in [3.05, 3.63) is 29.3 Å². The zero-order chi connectivity index (χ0) is 18.2. The maximum absolute atomic E-state index is 12.9. The second-order valence-corrected chi connectivity index (χ2v) is 9.12. The second-order valence-electron chi connectivity index (χ2n) is 7.44. The summed E-state index contributed by atoms with van der Waals surface area (Å²) in [6.45, 7) is 5.05. The van der Waals surface area contributed by atoms with Crippen LogP contribution in [0.1, 0.15) is 37.8 Å². The van der Waals surface area contributed by atoms with E-state index in [1.807, 2.05) is 17.9 Å². The van der Waals surface area contributed by atoms with E-state index in [0.29, 0.717) is 25.4 Å². The van der Waals surface area contributed by atoms with Crippen LogP contribution >= 0.6 is 12.4 Å². The summed E-state index contributed by atoms with van der Waals surface area (Å²) < 4.78 is 28.5. The SMILES string of the molecule is CC(=O)N1CCc2ccc(S(=O)(=O)NC(C)(CN)C3CC3)cc2CC1.Cl. The summed E-state index contributed by atoms with van der Waals surface area (Å²) >= 11 is 0. The van der Waals surface area contributed by atoms with Crippen molar-refractivity contribution < 1.29 is 13.2 Å². The number of nitrogens with two attached hydrogens (primary N) is 1. The highest BCUT2D eigenvalue weighted by Crippen LogP contribution is 2.39. The van der Waals surface area contributed by atoms with Crippen LogP contribution in [-0.2, 0) is 27.7 Å². The lowest BCUT2D eigenvalue weighted by molar-refractivity contribution is -0.128. The van der Waals surface area contributed by atoms with E-state index in [4.69, 9.17) is 5.73 Å². The molecule has 26 heavy (non-hydrogen) atoms. The first-order valence-corrected chi connectivity index (χ1v) is 10.3. The van der Waals surface area contributed by atoms with Gasteiger partial charge in [0.05, 0.1) is 4.90 Å². The third-order valence-electron chi connectivity index (χ3n) is 5.51. The van der Waals surface area contributed by atoms with E-state index < -0.39 is 15.6 Å². The Balaban J connectivity index is 0.00000243. The topological polar surface area (TPSA) is 92.5 Å². The number of carbonyl (C=O) groups excluding carboxylic acids is 1. The minimum absolute atomic E-state index is 0. The van der Waals surface area contributed by atoms with Crippen molar-refractivity contribution in [1.82, 2.24) is 9.62 Å². The zero-order valence-corrected chi connectivity index (χ0v) is 17.0. The lowest BCUT2D eigenvalue weighted by Gasteiger charge is -2.29. The van der Waals surface area contributed by atoms with E-state index >= 15 is 0 Å². The van der Waals surface area contributed by atoms with Gasteiger partial charge in [-0.3, -0.25) is 4.79 Å². The molecule has 0 bridgehead atoms. The van der Waals surface area contributed by atoms with Crippen molar-refractivity contribution in [2.45, 2.75) is 50.0 Å². The molecule has 1 saturated carbocycles. The molecule has 8 heteroatoms. The first kappa shape index (κ1) is 21.2. The van der Waals surface area contributed by atoms with Gasteiger partial charge in [-0.25, -0.2) is 13.1 Å². The fraction of sp³-hybridized carbons (Fsp3) is 0.611. The summed E-state index contributed by atoms with van der Waals surface area (Å²) in [5.41, 5.74) is 7.38.